The second-order valence-electron chi connectivity index (χ2n) is 1.27. The molecule has 0 aromatic carbocycles. The van der Waals surface area contributed by atoms with Crippen LogP contribution in [0.2, 0.25) is 0 Å². The molecule has 72 valence electrons. The monoisotopic (exact) mass is 205 g/mol. The summed E-state index contributed by atoms with van der Waals surface area (Å²) in [5.74, 6) is 0. The molecular weight excluding hydrogens is 199 g/mol. The van der Waals surface area contributed by atoms with Crippen LogP contribution in [0.4, 0.5) is 18.0 Å². The average molecular weight is 206 g/mol. The molecule has 7 heteroatoms. The molecule has 0 fully saturated rings. The Kier molecular flexibility index (Phi) is 9.32. The fourth-order valence-electron chi connectivity index (χ4n) is 0.142. The molecule has 0 aliphatic rings. The van der Waals surface area contributed by atoms with E-state index in [0.29, 0.717) is 6.61 Å². The third kappa shape index (κ3) is 16.0. The summed E-state index contributed by atoms with van der Waals surface area (Å²) in [7, 11) is 0. The van der Waals surface area contributed by atoms with Crippen molar-refractivity contribution in [3.8, 4) is 0 Å². The molecule has 0 rings (SSSR count). The van der Waals surface area contributed by atoms with E-state index in [9.17, 15) is 18.0 Å². The lowest BCUT2D eigenvalue weighted by molar-refractivity contribution is 0.163. The van der Waals surface area contributed by atoms with Crippen LogP contribution < -0.4 is 5.73 Å². The summed E-state index contributed by atoms with van der Waals surface area (Å²) >= 11 is 4.08. The normalized spacial score (nSPS) is 7.75. The van der Waals surface area contributed by atoms with E-state index in [2.05, 4.69) is 22.1 Å². The van der Waals surface area contributed by atoms with E-state index in [-0.39, 0.29) is 0 Å². The fourth-order valence-corrected chi connectivity index (χ4v) is 0.142. The van der Waals surface area contributed by atoms with Crippen LogP contribution in [0.1, 0.15) is 6.92 Å². The van der Waals surface area contributed by atoms with Crippen LogP contribution in [0.25, 0.3) is 0 Å². The van der Waals surface area contributed by atoms with Crippen LogP contribution in [-0.4, -0.2) is 12.7 Å². The summed E-state index contributed by atoms with van der Waals surface area (Å²) in [6.45, 7) is 2.06. The standard InChI is InChI=1S/C3H7NO2.C2ClF3/c1-2-6-3(4)5;3-1(4)2(5)6/h2H2,1H3,(H2,4,5);. The summed E-state index contributed by atoms with van der Waals surface area (Å²) < 4.78 is 36.0. The third-order valence-corrected chi connectivity index (χ3v) is 0.572. The number of nitrogens with two attached hydrogens (primary N) is 1. The van der Waals surface area contributed by atoms with Gasteiger partial charge in [-0.3, -0.25) is 0 Å². The molecule has 12 heavy (non-hydrogen) atoms. The van der Waals surface area contributed by atoms with E-state index in [0.717, 1.165) is 0 Å². The quantitative estimate of drug-likeness (QED) is 0.715. The molecule has 0 bridgehead atoms. The summed E-state index contributed by atoms with van der Waals surface area (Å²) in [5.41, 5.74) is 4.54. The van der Waals surface area contributed by atoms with Crippen LogP contribution in [-0.2, 0) is 4.74 Å². The van der Waals surface area contributed by atoms with Crippen molar-refractivity contribution in [2.45, 2.75) is 6.92 Å². The molecule has 0 spiro atoms. The van der Waals surface area contributed by atoms with Gasteiger partial charge in [0.2, 0.25) is 0 Å². The van der Waals surface area contributed by atoms with Gasteiger partial charge in [0.1, 0.15) is 0 Å². The van der Waals surface area contributed by atoms with E-state index in [1.165, 1.54) is 0 Å². The first-order valence-corrected chi connectivity index (χ1v) is 3.08. The minimum Gasteiger partial charge on any atom is -0.450 e. The smallest absolute Gasteiger partial charge is 0.404 e. The van der Waals surface area contributed by atoms with Crippen molar-refractivity contribution in [3.05, 3.63) is 11.4 Å². The highest BCUT2D eigenvalue weighted by Gasteiger charge is 1.95. The fraction of sp³-hybridized carbons (Fsp3) is 0.400. The summed E-state index contributed by atoms with van der Waals surface area (Å²) in [5, 5.41) is -1.94. The first kappa shape index (κ1) is 13.7. The molecule has 0 aromatic heterocycles. The molecule has 0 aliphatic heterocycles. The maximum Gasteiger partial charge on any atom is 0.404 e. The molecule has 0 aliphatic carbocycles. The number of carbonyl (C=O) groups excluding carboxylic acids is 1. The second kappa shape index (κ2) is 8.19. The number of halogens is 4. The first-order chi connectivity index (χ1) is 5.41. The Labute approximate surface area is 71.9 Å². The lowest BCUT2D eigenvalue weighted by atomic mass is 10.9. The molecule has 3 nitrogen and oxygen atoms in total. The van der Waals surface area contributed by atoms with Crippen molar-refractivity contribution < 1.29 is 22.7 Å². The Morgan fingerprint density at radius 2 is 1.83 bits per heavy atom. The van der Waals surface area contributed by atoms with Gasteiger partial charge in [0, 0.05) is 0 Å². The zero-order chi connectivity index (χ0) is 10.1. The Bertz CT molecular complexity index is 156. The zero-order valence-electron chi connectivity index (χ0n) is 6.11. The minimum atomic E-state index is -2.48. The number of hydrogen-bond acceptors (Lipinski definition) is 2. The van der Waals surface area contributed by atoms with Crippen LogP contribution in [0.3, 0.4) is 0 Å². The Balaban J connectivity index is 0. The Morgan fingerprint density at radius 3 is 1.83 bits per heavy atom. The van der Waals surface area contributed by atoms with Crippen molar-refractivity contribution in [2.75, 3.05) is 6.61 Å². The van der Waals surface area contributed by atoms with Gasteiger partial charge in [-0.15, -0.1) is 0 Å². The van der Waals surface area contributed by atoms with Gasteiger partial charge in [0.25, 0.3) is 5.29 Å². The molecule has 0 atom stereocenters. The van der Waals surface area contributed by atoms with Gasteiger partial charge in [-0.05, 0) is 18.5 Å². The van der Waals surface area contributed by atoms with Crippen LogP contribution in [0, 0.1) is 0 Å². The topological polar surface area (TPSA) is 52.3 Å². The maximum atomic E-state index is 10.7. The van der Waals surface area contributed by atoms with Crippen LogP contribution in [0.15, 0.2) is 11.4 Å². The van der Waals surface area contributed by atoms with Gasteiger partial charge in [-0.2, -0.15) is 13.2 Å². The molecule has 0 aromatic rings. The van der Waals surface area contributed by atoms with Gasteiger partial charge < -0.3 is 10.5 Å². The van der Waals surface area contributed by atoms with Crippen molar-refractivity contribution in [1.82, 2.24) is 0 Å². The molecule has 0 saturated carbocycles. The van der Waals surface area contributed by atoms with Gasteiger partial charge in [0.05, 0.1) is 6.61 Å². The van der Waals surface area contributed by atoms with Crippen molar-refractivity contribution >= 4 is 17.7 Å². The second-order valence-corrected chi connectivity index (χ2v) is 1.60. The van der Waals surface area contributed by atoms with E-state index in [4.69, 9.17) is 0 Å². The van der Waals surface area contributed by atoms with Crippen LogP contribution in [0.5, 0.6) is 0 Å². The minimum absolute atomic E-state index is 0.356. The van der Waals surface area contributed by atoms with Gasteiger partial charge in [-0.1, -0.05) is 0 Å². The van der Waals surface area contributed by atoms with Gasteiger partial charge in [-0.25, -0.2) is 4.79 Å². The van der Waals surface area contributed by atoms with Crippen molar-refractivity contribution in [3.63, 3.8) is 0 Å². The SMILES string of the molecule is CCOC(N)=O.FC(F)=C(F)Cl. The van der Waals surface area contributed by atoms with E-state index in [1.807, 2.05) is 0 Å². The molecular formula is C5H7ClF3NO2. The zero-order valence-corrected chi connectivity index (χ0v) is 6.87. The molecule has 0 unspecified atom stereocenters. The Morgan fingerprint density at radius 1 is 1.50 bits per heavy atom. The number of carbonyl (C=O) groups is 1. The summed E-state index contributed by atoms with van der Waals surface area (Å²) in [6, 6.07) is 0. The number of primary amides is 1. The highest BCUT2D eigenvalue weighted by molar-refractivity contribution is 6.28. The molecule has 0 heterocycles. The number of ether oxygens (including phenoxy) is 1. The van der Waals surface area contributed by atoms with Gasteiger partial charge in [0.15, 0.2) is 0 Å². The average Bonchev–Trinajstić information content (AvgIpc) is 1.87. The van der Waals surface area contributed by atoms with E-state index in [1.54, 1.807) is 6.92 Å². The first-order valence-electron chi connectivity index (χ1n) is 2.70. The largest absolute Gasteiger partial charge is 0.450 e. The Hall–Kier alpha value is -0.910. The van der Waals surface area contributed by atoms with E-state index < -0.39 is 17.5 Å². The summed E-state index contributed by atoms with van der Waals surface area (Å²) in [6.07, 6.45) is -3.19. The lowest BCUT2D eigenvalue weighted by Crippen LogP contribution is -2.11. The number of hydrogen-bond donors (Lipinski definition) is 1. The molecule has 0 radical (unpaired) electrons. The van der Waals surface area contributed by atoms with Gasteiger partial charge >= 0.3 is 12.2 Å². The highest BCUT2D eigenvalue weighted by Crippen LogP contribution is 2.11. The van der Waals surface area contributed by atoms with Crippen molar-refractivity contribution in [1.29, 1.82) is 0 Å². The third-order valence-electron chi connectivity index (χ3n) is 0.429. The maximum absolute atomic E-state index is 10.7. The van der Waals surface area contributed by atoms with Crippen LogP contribution >= 0.6 is 11.6 Å². The highest BCUT2D eigenvalue weighted by atomic mass is 35.5. The predicted molar refractivity (Wildman–Crippen MR) is 37.4 cm³/mol. The molecule has 2 N–H and O–H groups in total. The summed E-state index contributed by atoms with van der Waals surface area (Å²) in [4.78, 5) is 9.60. The molecule has 0 saturated heterocycles. The number of rotatable bonds is 1. The lowest BCUT2D eigenvalue weighted by Gasteiger charge is -1.89. The molecule has 1 amide bonds. The van der Waals surface area contributed by atoms with E-state index >= 15 is 0 Å². The predicted octanol–water partition coefficient (Wildman–Crippen LogP) is 2.36. The van der Waals surface area contributed by atoms with Crippen molar-refractivity contribution in [2.24, 2.45) is 5.73 Å². The number of amides is 1.